The molecule has 2 heterocycles. The number of carbonyl (C=O) groups excluding carboxylic acids is 1. The van der Waals surface area contributed by atoms with Gasteiger partial charge >= 0.3 is 11.7 Å². The fourth-order valence-corrected chi connectivity index (χ4v) is 4.50. The molecule has 1 atom stereocenters. The van der Waals surface area contributed by atoms with Gasteiger partial charge in [-0.1, -0.05) is 24.3 Å². The standard InChI is InChI=1S/C22H30N6O6S/c1-4-34-21(29)15(2)27(14-17-9-7-8-16(12-17)13-26-10-5-6-11-26)20-18(28(30)31)19(23)24-22(25-20)35(3,32)33/h7-9,12,15H,4-6,10-11,13-14H2,1-3H3,(H2,23,24,25). The van der Waals surface area contributed by atoms with Crippen LogP contribution >= 0.6 is 0 Å². The summed E-state index contributed by atoms with van der Waals surface area (Å²) in [7, 11) is -3.95. The number of rotatable bonds is 10. The van der Waals surface area contributed by atoms with Gasteiger partial charge in [-0.2, -0.15) is 9.97 Å². The highest BCUT2D eigenvalue weighted by Crippen LogP contribution is 2.34. The summed E-state index contributed by atoms with van der Waals surface area (Å²) in [4.78, 5) is 35.0. The normalized spacial score (nSPS) is 15.1. The van der Waals surface area contributed by atoms with Gasteiger partial charge in [0.1, 0.15) is 6.04 Å². The number of hydrogen-bond donors (Lipinski definition) is 1. The van der Waals surface area contributed by atoms with E-state index in [0.29, 0.717) is 0 Å². The van der Waals surface area contributed by atoms with Crippen molar-refractivity contribution in [3.8, 4) is 0 Å². The molecule has 1 aliphatic heterocycles. The van der Waals surface area contributed by atoms with Crippen LogP contribution in [-0.4, -0.2) is 66.2 Å². The molecule has 13 heteroatoms. The first-order chi connectivity index (χ1) is 16.5. The minimum atomic E-state index is -3.95. The van der Waals surface area contributed by atoms with Crippen LogP contribution in [0.25, 0.3) is 0 Å². The third kappa shape index (κ3) is 6.42. The Hall–Kier alpha value is -3.32. The minimum Gasteiger partial charge on any atom is -0.464 e. The zero-order chi connectivity index (χ0) is 25.8. The molecule has 0 aliphatic carbocycles. The second-order valence-electron chi connectivity index (χ2n) is 8.45. The predicted molar refractivity (Wildman–Crippen MR) is 129 cm³/mol. The summed E-state index contributed by atoms with van der Waals surface area (Å²) in [6, 6.07) is 6.62. The molecule has 0 amide bonds. The molecule has 0 saturated carbocycles. The van der Waals surface area contributed by atoms with E-state index in [1.54, 1.807) is 6.92 Å². The Bertz CT molecular complexity index is 1200. The molecule has 3 rings (SSSR count). The Morgan fingerprint density at radius 1 is 1.29 bits per heavy atom. The molecule has 0 spiro atoms. The number of esters is 1. The van der Waals surface area contributed by atoms with E-state index in [1.807, 2.05) is 24.3 Å². The molecule has 1 unspecified atom stereocenters. The number of carbonyl (C=O) groups is 1. The Labute approximate surface area is 204 Å². The van der Waals surface area contributed by atoms with Crippen LogP contribution in [0.2, 0.25) is 0 Å². The van der Waals surface area contributed by atoms with Crippen molar-refractivity contribution in [3.63, 3.8) is 0 Å². The van der Waals surface area contributed by atoms with Crippen molar-refractivity contribution in [2.45, 2.75) is 51.0 Å². The van der Waals surface area contributed by atoms with Crippen LogP contribution in [-0.2, 0) is 32.5 Å². The number of benzene rings is 1. The summed E-state index contributed by atoms with van der Waals surface area (Å²) in [6.07, 6.45) is 3.19. The lowest BCUT2D eigenvalue weighted by molar-refractivity contribution is -0.383. The quantitative estimate of drug-likeness (QED) is 0.217. The average molecular weight is 507 g/mol. The van der Waals surface area contributed by atoms with Crippen LogP contribution < -0.4 is 10.6 Å². The maximum Gasteiger partial charge on any atom is 0.353 e. The van der Waals surface area contributed by atoms with Crippen LogP contribution in [0.5, 0.6) is 0 Å². The molecule has 2 aromatic rings. The van der Waals surface area contributed by atoms with Crippen molar-refractivity contribution < 1.29 is 22.9 Å². The van der Waals surface area contributed by atoms with Crippen LogP contribution in [0.1, 0.15) is 37.8 Å². The Morgan fingerprint density at radius 3 is 2.54 bits per heavy atom. The first-order valence-electron chi connectivity index (χ1n) is 11.3. The average Bonchev–Trinajstić information content (AvgIpc) is 3.29. The number of sulfone groups is 1. The Kier molecular flexibility index (Phi) is 8.22. The topological polar surface area (TPSA) is 162 Å². The highest BCUT2D eigenvalue weighted by atomic mass is 32.2. The molecule has 1 aromatic carbocycles. The number of anilines is 2. The van der Waals surface area contributed by atoms with Gasteiger partial charge in [-0.15, -0.1) is 0 Å². The van der Waals surface area contributed by atoms with Crippen LogP contribution in [0, 0.1) is 10.1 Å². The molecule has 190 valence electrons. The number of nitrogens with zero attached hydrogens (tertiary/aromatic N) is 5. The minimum absolute atomic E-state index is 0.0221. The summed E-state index contributed by atoms with van der Waals surface area (Å²) in [6.45, 7) is 6.09. The number of nitrogens with two attached hydrogens (primary N) is 1. The molecule has 1 aliphatic rings. The molecule has 0 radical (unpaired) electrons. The second kappa shape index (κ2) is 11.0. The van der Waals surface area contributed by atoms with Gasteiger partial charge in [0, 0.05) is 19.3 Å². The lowest BCUT2D eigenvalue weighted by Gasteiger charge is -2.29. The van der Waals surface area contributed by atoms with E-state index in [2.05, 4.69) is 14.9 Å². The largest absolute Gasteiger partial charge is 0.464 e. The summed E-state index contributed by atoms with van der Waals surface area (Å²) in [5.74, 6) is -1.62. The lowest BCUT2D eigenvalue weighted by atomic mass is 10.1. The molecule has 1 saturated heterocycles. The molecule has 35 heavy (non-hydrogen) atoms. The Morgan fingerprint density at radius 2 is 1.94 bits per heavy atom. The van der Waals surface area contributed by atoms with Crippen molar-refractivity contribution in [2.24, 2.45) is 0 Å². The predicted octanol–water partition coefficient (Wildman–Crippen LogP) is 1.92. The fourth-order valence-electron chi connectivity index (χ4n) is 3.99. The van der Waals surface area contributed by atoms with Crippen molar-refractivity contribution in [3.05, 3.63) is 45.5 Å². The van der Waals surface area contributed by atoms with Gasteiger partial charge in [-0.05, 0) is 50.9 Å². The monoisotopic (exact) mass is 506 g/mol. The molecule has 12 nitrogen and oxygen atoms in total. The van der Waals surface area contributed by atoms with Crippen LogP contribution in [0.4, 0.5) is 17.3 Å². The van der Waals surface area contributed by atoms with Crippen molar-refractivity contribution in [1.82, 2.24) is 14.9 Å². The van der Waals surface area contributed by atoms with E-state index in [-0.39, 0.29) is 19.0 Å². The first-order valence-corrected chi connectivity index (χ1v) is 13.2. The third-order valence-corrected chi connectivity index (χ3v) is 6.55. The second-order valence-corrected chi connectivity index (χ2v) is 10.4. The maximum atomic E-state index is 12.7. The summed E-state index contributed by atoms with van der Waals surface area (Å²) < 4.78 is 29.4. The van der Waals surface area contributed by atoms with E-state index < -0.39 is 43.4 Å². The van der Waals surface area contributed by atoms with E-state index in [9.17, 15) is 23.3 Å². The first kappa shape index (κ1) is 26.3. The highest BCUT2D eigenvalue weighted by molar-refractivity contribution is 7.90. The van der Waals surface area contributed by atoms with Crippen LogP contribution in [0.15, 0.2) is 29.4 Å². The molecule has 0 bridgehead atoms. The smallest absolute Gasteiger partial charge is 0.353 e. The van der Waals surface area contributed by atoms with Crippen molar-refractivity contribution in [1.29, 1.82) is 0 Å². The lowest BCUT2D eigenvalue weighted by Crippen LogP contribution is -2.41. The fraction of sp³-hybridized carbons (Fsp3) is 0.500. The summed E-state index contributed by atoms with van der Waals surface area (Å²) >= 11 is 0. The number of aromatic nitrogens is 2. The summed E-state index contributed by atoms with van der Waals surface area (Å²) in [5.41, 5.74) is 6.93. The van der Waals surface area contributed by atoms with Gasteiger partial charge in [-0.25, -0.2) is 13.2 Å². The third-order valence-electron chi connectivity index (χ3n) is 5.70. The zero-order valence-electron chi connectivity index (χ0n) is 20.0. The van der Waals surface area contributed by atoms with Crippen molar-refractivity contribution in [2.75, 3.05) is 36.6 Å². The number of likely N-dealkylation sites (tertiary alicyclic amines) is 1. The molecule has 1 aromatic heterocycles. The van der Waals surface area contributed by atoms with Gasteiger partial charge in [0.25, 0.3) is 5.16 Å². The number of nitro groups is 1. The maximum absolute atomic E-state index is 12.7. The number of ether oxygens (including phenoxy) is 1. The van der Waals surface area contributed by atoms with Gasteiger partial charge in [-0.3, -0.25) is 15.0 Å². The van der Waals surface area contributed by atoms with E-state index in [4.69, 9.17) is 10.5 Å². The highest BCUT2D eigenvalue weighted by Gasteiger charge is 2.34. The molecule has 2 N–H and O–H groups in total. The molecular formula is C22H30N6O6S. The van der Waals surface area contributed by atoms with Gasteiger partial charge < -0.3 is 15.4 Å². The SMILES string of the molecule is CCOC(=O)C(C)N(Cc1cccc(CN2CCCC2)c1)c1nc(S(C)(=O)=O)nc(N)c1[N+](=O)[O-]. The van der Waals surface area contributed by atoms with E-state index >= 15 is 0 Å². The van der Waals surface area contributed by atoms with Gasteiger partial charge in [0.2, 0.25) is 21.5 Å². The number of nitrogen functional groups attached to an aromatic ring is 1. The van der Waals surface area contributed by atoms with Crippen molar-refractivity contribution >= 4 is 33.1 Å². The van der Waals surface area contributed by atoms with Crippen LogP contribution in [0.3, 0.4) is 0 Å². The summed E-state index contributed by atoms with van der Waals surface area (Å²) in [5, 5.41) is 11.2. The molecular weight excluding hydrogens is 476 g/mol. The van der Waals surface area contributed by atoms with Gasteiger partial charge in [0.15, 0.2) is 0 Å². The molecule has 1 fully saturated rings. The van der Waals surface area contributed by atoms with E-state index in [0.717, 1.165) is 49.9 Å². The van der Waals surface area contributed by atoms with Gasteiger partial charge in [0.05, 0.1) is 11.5 Å². The number of hydrogen-bond acceptors (Lipinski definition) is 11. The van der Waals surface area contributed by atoms with E-state index in [1.165, 1.54) is 11.8 Å². The Balaban J connectivity index is 2.08. The zero-order valence-corrected chi connectivity index (χ0v) is 20.8.